The second-order valence-corrected chi connectivity index (χ2v) is 7.36. The van der Waals surface area contributed by atoms with Crippen molar-refractivity contribution in [2.75, 3.05) is 18.5 Å². The zero-order valence-corrected chi connectivity index (χ0v) is 16.8. The summed E-state index contributed by atoms with van der Waals surface area (Å²) >= 11 is 5.88. The van der Waals surface area contributed by atoms with Crippen LogP contribution < -0.4 is 16.0 Å². The first-order valence-electron chi connectivity index (χ1n) is 9.18. The number of halogens is 1. The van der Waals surface area contributed by atoms with E-state index in [1.807, 2.05) is 26.0 Å². The fourth-order valence-electron chi connectivity index (χ4n) is 2.63. The number of hydrogen-bond donors (Lipinski definition) is 4. The molecule has 150 valence electrons. The third-order valence-corrected chi connectivity index (χ3v) is 4.32. The smallest absolute Gasteiger partial charge is 0.319 e. The van der Waals surface area contributed by atoms with Crippen molar-refractivity contribution in [3.05, 3.63) is 64.7 Å². The number of carbonyl (C=O) groups is 2. The number of urea groups is 1. The predicted molar refractivity (Wildman–Crippen MR) is 112 cm³/mol. The molecule has 2 aromatic rings. The van der Waals surface area contributed by atoms with Crippen molar-refractivity contribution in [3.8, 4) is 0 Å². The minimum absolute atomic E-state index is 0.0310. The summed E-state index contributed by atoms with van der Waals surface area (Å²) in [5.41, 5.74) is 2.14. The number of anilines is 1. The van der Waals surface area contributed by atoms with Crippen LogP contribution in [0.5, 0.6) is 0 Å². The van der Waals surface area contributed by atoms with Crippen molar-refractivity contribution < 1.29 is 14.7 Å². The monoisotopic (exact) mass is 403 g/mol. The maximum absolute atomic E-state index is 12.3. The molecule has 0 fully saturated rings. The highest BCUT2D eigenvalue weighted by Crippen LogP contribution is 2.14. The van der Waals surface area contributed by atoms with Crippen molar-refractivity contribution in [2.45, 2.75) is 26.3 Å². The van der Waals surface area contributed by atoms with Crippen LogP contribution in [0.4, 0.5) is 10.5 Å². The number of rotatable bonds is 8. The van der Waals surface area contributed by atoms with Gasteiger partial charge in [0, 0.05) is 41.4 Å². The molecule has 0 heterocycles. The molecule has 0 aliphatic heterocycles. The number of aliphatic hydroxyl groups excluding tert-OH is 1. The van der Waals surface area contributed by atoms with Crippen molar-refractivity contribution in [1.82, 2.24) is 10.6 Å². The minimum Gasteiger partial charge on any atom is -0.396 e. The highest BCUT2D eigenvalue weighted by molar-refractivity contribution is 6.30. The zero-order valence-electron chi connectivity index (χ0n) is 16.0. The molecule has 2 rings (SSSR count). The van der Waals surface area contributed by atoms with Crippen LogP contribution in [0.25, 0.3) is 0 Å². The molecule has 3 amide bonds. The second kappa shape index (κ2) is 10.7. The lowest BCUT2D eigenvalue weighted by Gasteiger charge is -2.15. The molecule has 0 saturated carbocycles. The van der Waals surface area contributed by atoms with Gasteiger partial charge in [-0.15, -0.1) is 0 Å². The Bertz CT molecular complexity index is 776. The average molecular weight is 404 g/mol. The minimum atomic E-state index is -0.291. The molecule has 0 spiro atoms. The van der Waals surface area contributed by atoms with Gasteiger partial charge in [0.05, 0.1) is 0 Å². The molecular formula is C21H26ClN3O3. The average Bonchev–Trinajstić information content (AvgIpc) is 2.66. The van der Waals surface area contributed by atoms with Crippen LogP contribution in [-0.2, 0) is 6.42 Å². The van der Waals surface area contributed by atoms with Crippen LogP contribution in [0, 0.1) is 5.92 Å². The standard InChI is InChI=1S/C21H26ClN3O3/c1-14(2)24-21(28)25-19-9-5-17(6-10-19)20(27)23-12-16(13-26)11-15-3-7-18(22)8-4-15/h3-10,14,16,26H,11-13H2,1-2H3,(H,23,27)(H2,24,25,28). The summed E-state index contributed by atoms with van der Waals surface area (Å²) in [4.78, 5) is 24.0. The molecule has 28 heavy (non-hydrogen) atoms. The number of aliphatic hydroxyl groups is 1. The topological polar surface area (TPSA) is 90.5 Å². The van der Waals surface area contributed by atoms with Gasteiger partial charge in [-0.1, -0.05) is 23.7 Å². The summed E-state index contributed by atoms with van der Waals surface area (Å²) in [6, 6.07) is 13.8. The Hall–Kier alpha value is -2.57. The van der Waals surface area contributed by atoms with Crippen molar-refractivity contribution in [3.63, 3.8) is 0 Å². The van der Waals surface area contributed by atoms with E-state index in [1.54, 1.807) is 36.4 Å². The molecule has 0 aromatic heterocycles. The van der Waals surface area contributed by atoms with E-state index in [-0.39, 0.29) is 30.5 Å². The number of hydrogen-bond acceptors (Lipinski definition) is 3. The Morgan fingerprint density at radius 1 is 1.04 bits per heavy atom. The highest BCUT2D eigenvalue weighted by atomic mass is 35.5. The molecule has 7 heteroatoms. The molecule has 0 bridgehead atoms. The van der Waals surface area contributed by atoms with E-state index in [1.165, 1.54) is 0 Å². The molecule has 0 radical (unpaired) electrons. The molecule has 0 aliphatic carbocycles. The third-order valence-electron chi connectivity index (χ3n) is 4.07. The Balaban J connectivity index is 1.85. The Morgan fingerprint density at radius 3 is 2.25 bits per heavy atom. The quantitative estimate of drug-likeness (QED) is 0.544. The predicted octanol–water partition coefficient (Wildman–Crippen LogP) is 3.45. The van der Waals surface area contributed by atoms with E-state index in [9.17, 15) is 14.7 Å². The van der Waals surface area contributed by atoms with E-state index in [0.29, 0.717) is 29.2 Å². The first kappa shape index (κ1) is 21.7. The SMILES string of the molecule is CC(C)NC(=O)Nc1ccc(C(=O)NCC(CO)Cc2ccc(Cl)cc2)cc1. The lowest BCUT2D eigenvalue weighted by atomic mass is 10.00. The van der Waals surface area contributed by atoms with Gasteiger partial charge in [0.2, 0.25) is 0 Å². The Labute approximate surface area is 170 Å². The van der Waals surface area contributed by atoms with Crippen LogP contribution in [0.2, 0.25) is 5.02 Å². The van der Waals surface area contributed by atoms with E-state index >= 15 is 0 Å². The summed E-state index contributed by atoms with van der Waals surface area (Å²) in [5, 5.41) is 18.5. The fourth-order valence-corrected chi connectivity index (χ4v) is 2.75. The van der Waals surface area contributed by atoms with Gasteiger partial charge in [-0.3, -0.25) is 4.79 Å². The molecular weight excluding hydrogens is 378 g/mol. The van der Waals surface area contributed by atoms with E-state index in [0.717, 1.165) is 5.56 Å². The van der Waals surface area contributed by atoms with Gasteiger partial charge in [0.25, 0.3) is 5.91 Å². The molecule has 6 nitrogen and oxygen atoms in total. The normalized spacial score (nSPS) is 11.8. The van der Waals surface area contributed by atoms with Crippen molar-refractivity contribution in [2.24, 2.45) is 5.92 Å². The fraction of sp³-hybridized carbons (Fsp3) is 0.333. The largest absolute Gasteiger partial charge is 0.396 e. The molecule has 1 atom stereocenters. The number of amides is 3. The van der Waals surface area contributed by atoms with Gasteiger partial charge in [0.1, 0.15) is 0 Å². The van der Waals surface area contributed by atoms with E-state index < -0.39 is 0 Å². The lowest BCUT2D eigenvalue weighted by molar-refractivity contribution is 0.0940. The Kier molecular flexibility index (Phi) is 8.29. The van der Waals surface area contributed by atoms with E-state index in [4.69, 9.17) is 11.6 Å². The van der Waals surface area contributed by atoms with Crippen molar-refractivity contribution >= 4 is 29.2 Å². The first-order valence-corrected chi connectivity index (χ1v) is 9.56. The summed E-state index contributed by atoms with van der Waals surface area (Å²) in [5.74, 6) is -0.321. The van der Waals surface area contributed by atoms with Gasteiger partial charge >= 0.3 is 6.03 Å². The maximum atomic E-state index is 12.3. The summed E-state index contributed by atoms with van der Waals surface area (Å²) in [6.07, 6.45) is 0.641. The first-order chi connectivity index (χ1) is 13.4. The number of carbonyl (C=O) groups excluding carboxylic acids is 2. The number of nitrogens with one attached hydrogen (secondary N) is 3. The highest BCUT2D eigenvalue weighted by Gasteiger charge is 2.12. The molecule has 4 N–H and O–H groups in total. The molecule has 2 aromatic carbocycles. The zero-order chi connectivity index (χ0) is 20.5. The van der Waals surface area contributed by atoms with Crippen LogP contribution in [-0.4, -0.2) is 36.2 Å². The van der Waals surface area contributed by atoms with Crippen LogP contribution in [0.1, 0.15) is 29.8 Å². The van der Waals surface area contributed by atoms with E-state index in [2.05, 4.69) is 16.0 Å². The van der Waals surface area contributed by atoms with Crippen LogP contribution in [0.3, 0.4) is 0 Å². The van der Waals surface area contributed by atoms with Crippen molar-refractivity contribution in [1.29, 1.82) is 0 Å². The lowest BCUT2D eigenvalue weighted by Crippen LogP contribution is -2.34. The van der Waals surface area contributed by atoms with Gasteiger partial charge < -0.3 is 21.1 Å². The van der Waals surface area contributed by atoms with Gasteiger partial charge in [-0.25, -0.2) is 4.79 Å². The molecule has 0 aliphatic rings. The van der Waals surface area contributed by atoms with Gasteiger partial charge in [0.15, 0.2) is 0 Å². The number of benzene rings is 2. The summed E-state index contributed by atoms with van der Waals surface area (Å²) in [6.45, 7) is 4.07. The van der Waals surface area contributed by atoms with Crippen LogP contribution in [0.15, 0.2) is 48.5 Å². The van der Waals surface area contributed by atoms with Crippen LogP contribution >= 0.6 is 11.6 Å². The maximum Gasteiger partial charge on any atom is 0.319 e. The Morgan fingerprint density at radius 2 is 1.68 bits per heavy atom. The van der Waals surface area contributed by atoms with Gasteiger partial charge in [-0.05, 0) is 62.2 Å². The summed E-state index contributed by atoms with van der Waals surface area (Å²) in [7, 11) is 0. The molecule has 0 saturated heterocycles. The second-order valence-electron chi connectivity index (χ2n) is 6.92. The third kappa shape index (κ3) is 7.21. The van der Waals surface area contributed by atoms with Gasteiger partial charge in [-0.2, -0.15) is 0 Å². The molecule has 1 unspecified atom stereocenters. The summed E-state index contributed by atoms with van der Waals surface area (Å²) < 4.78 is 0.